The van der Waals surface area contributed by atoms with E-state index in [2.05, 4.69) is 0 Å². The second kappa shape index (κ2) is 10.4. The Balaban J connectivity index is 1.46. The van der Waals surface area contributed by atoms with E-state index in [1.54, 1.807) is 45.0 Å². The largest absolute Gasteiger partial charge is 0.489 e. The number of carbonyl (C=O) groups is 2. The van der Waals surface area contributed by atoms with Gasteiger partial charge in [-0.25, -0.2) is 4.79 Å². The molecule has 3 aromatic rings. The number of carbonyl (C=O) groups excluding carboxylic acids is 2. The molecule has 0 radical (unpaired) electrons. The molecular weight excluding hydrogens is 499 g/mol. The van der Waals surface area contributed by atoms with E-state index in [1.807, 2.05) is 19.1 Å². The minimum atomic E-state index is -4.45. The number of anilines is 1. The highest BCUT2D eigenvalue weighted by molar-refractivity contribution is 6.10. The van der Waals surface area contributed by atoms with Crippen molar-refractivity contribution in [1.29, 1.82) is 0 Å². The van der Waals surface area contributed by atoms with Crippen molar-refractivity contribution in [2.45, 2.75) is 52.6 Å². The summed E-state index contributed by atoms with van der Waals surface area (Å²) in [6.07, 6.45) is -4.45. The minimum Gasteiger partial charge on any atom is -0.489 e. The molecule has 0 saturated carbocycles. The van der Waals surface area contributed by atoms with Crippen LogP contribution < -0.4 is 14.4 Å². The second-order valence-electron chi connectivity index (χ2n) is 9.44. The summed E-state index contributed by atoms with van der Waals surface area (Å²) < 4.78 is 55.8. The van der Waals surface area contributed by atoms with Crippen molar-refractivity contribution in [2.75, 3.05) is 11.5 Å². The molecule has 1 heterocycles. The summed E-state index contributed by atoms with van der Waals surface area (Å²) in [4.78, 5) is 26.6. The monoisotopic (exact) mass is 527 g/mol. The highest BCUT2D eigenvalue weighted by atomic mass is 19.4. The Hall–Kier alpha value is -4.01. The van der Waals surface area contributed by atoms with E-state index in [0.717, 1.165) is 23.3 Å². The van der Waals surface area contributed by atoms with Crippen LogP contribution in [0.25, 0.3) is 0 Å². The number of alkyl halides is 3. The van der Waals surface area contributed by atoms with E-state index in [9.17, 15) is 22.8 Å². The van der Waals surface area contributed by atoms with E-state index < -0.39 is 23.3 Å². The SMILES string of the molecule is CCOC(=O)C(C)(C)Oc1ccc(COc2cccc3c2CN(c2ccc(C(F)(F)F)cc2)C3=O)cc1C. The Morgan fingerprint density at radius 1 is 1.00 bits per heavy atom. The molecule has 38 heavy (non-hydrogen) atoms. The van der Waals surface area contributed by atoms with Gasteiger partial charge in [0.1, 0.15) is 18.1 Å². The van der Waals surface area contributed by atoms with E-state index in [0.29, 0.717) is 28.3 Å². The standard InChI is InChI=1S/C29H28F3NO5/c1-5-36-27(35)28(3,4)38-24-14-9-19(15-18(24)2)17-37-25-8-6-7-22-23(25)16-33(26(22)34)21-12-10-20(11-13-21)29(30,31)32/h6-15H,5,16-17H2,1-4H3. The van der Waals surface area contributed by atoms with Gasteiger partial charge >= 0.3 is 12.1 Å². The molecule has 0 atom stereocenters. The van der Waals surface area contributed by atoms with Gasteiger partial charge in [0.25, 0.3) is 5.91 Å². The lowest BCUT2D eigenvalue weighted by atomic mass is 10.1. The quantitative estimate of drug-likeness (QED) is 0.314. The fourth-order valence-corrected chi connectivity index (χ4v) is 4.18. The molecule has 0 saturated heterocycles. The third-order valence-electron chi connectivity index (χ3n) is 6.20. The van der Waals surface area contributed by atoms with Crippen LogP contribution in [0.3, 0.4) is 0 Å². The van der Waals surface area contributed by atoms with Crippen LogP contribution in [-0.4, -0.2) is 24.1 Å². The summed E-state index contributed by atoms with van der Waals surface area (Å²) in [5.74, 6) is 0.313. The van der Waals surface area contributed by atoms with Crippen molar-refractivity contribution in [1.82, 2.24) is 0 Å². The number of ether oxygens (including phenoxy) is 3. The molecule has 4 rings (SSSR count). The Kier molecular flexibility index (Phi) is 7.40. The van der Waals surface area contributed by atoms with Crippen molar-refractivity contribution in [3.8, 4) is 11.5 Å². The zero-order valence-electron chi connectivity index (χ0n) is 21.5. The van der Waals surface area contributed by atoms with Crippen molar-refractivity contribution in [3.63, 3.8) is 0 Å². The number of aryl methyl sites for hydroxylation is 1. The van der Waals surface area contributed by atoms with Crippen LogP contribution in [0.1, 0.15) is 53.4 Å². The molecule has 0 bridgehead atoms. The molecule has 0 fully saturated rings. The van der Waals surface area contributed by atoms with E-state index in [1.165, 1.54) is 17.0 Å². The first-order valence-electron chi connectivity index (χ1n) is 12.1. The maximum atomic E-state index is 13.0. The van der Waals surface area contributed by atoms with Crippen LogP contribution in [-0.2, 0) is 28.9 Å². The summed E-state index contributed by atoms with van der Waals surface area (Å²) in [6, 6.07) is 15.1. The first-order chi connectivity index (χ1) is 17.9. The number of nitrogens with zero attached hydrogens (tertiary/aromatic N) is 1. The van der Waals surface area contributed by atoms with Gasteiger partial charge in [-0.15, -0.1) is 0 Å². The van der Waals surface area contributed by atoms with Gasteiger partial charge in [-0.05, 0) is 87.4 Å². The molecule has 1 aliphatic heterocycles. The Morgan fingerprint density at radius 3 is 2.34 bits per heavy atom. The molecule has 3 aromatic carbocycles. The van der Waals surface area contributed by atoms with Crippen molar-refractivity contribution < 1.29 is 37.0 Å². The zero-order chi connectivity index (χ0) is 27.7. The maximum Gasteiger partial charge on any atom is 0.416 e. The van der Waals surface area contributed by atoms with Crippen LogP contribution in [0.4, 0.5) is 18.9 Å². The summed E-state index contributed by atoms with van der Waals surface area (Å²) in [5.41, 5.74) is 1.24. The average Bonchev–Trinajstić information content (AvgIpc) is 3.21. The highest BCUT2D eigenvalue weighted by Crippen LogP contribution is 2.36. The number of amides is 1. The number of rotatable bonds is 8. The summed E-state index contributed by atoms with van der Waals surface area (Å²) in [5, 5.41) is 0. The van der Waals surface area contributed by atoms with Gasteiger partial charge in [-0.2, -0.15) is 13.2 Å². The molecule has 0 unspecified atom stereocenters. The highest BCUT2D eigenvalue weighted by Gasteiger charge is 2.34. The van der Waals surface area contributed by atoms with Gasteiger partial charge in [-0.3, -0.25) is 4.79 Å². The molecule has 9 heteroatoms. The Labute approximate surface area is 218 Å². The smallest absolute Gasteiger partial charge is 0.416 e. The van der Waals surface area contributed by atoms with E-state index in [4.69, 9.17) is 14.2 Å². The van der Waals surface area contributed by atoms with Gasteiger partial charge in [-0.1, -0.05) is 12.1 Å². The van der Waals surface area contributed by atoms with E-state index >= 15 is 0 Å². The van der Waals surface area contributed by atoms with Crippen molar-refractivity contribution >= 4 is 17.6 Å². The topological polar surface area (TPSA) is 65.1 Å². The summed E-state index contributed by atoms with van der Waals surface area (Å²) in [7, 11) is 0. The fraction of sp³-hybridized carbons (Fsp3) is 0.310. The van der Waals surface area contributed by atoms with Crippen LogP contribution in [0.5, 0.6) is 11.5 Å². The number of hydrogen-bond acceptors (Lipinski definition) is 5. The van der Waals surface area contributed by atoms with Crippen LogP contribution in [0.15, 0.2) is 60.7 Å². The molecule has 0 spiro atoms. The van der Waals surface area contributed by atoms with Gasteiger partial charge in [0.05, 0.1) is 18.7 Å². The van der Waals surface area contributed by atoms with Gasteiger partial charge in [0, 0.05) is 16.8 Å². The molecule has 0 aliphatic carbocycles. The minimum absolute atomic E-state index is 0.185. The van der Waals surface area contributed by atoms with Crippen LogP contribution >= 0.6 is 0 Å². The van der Waals surface area contributed by atoms with E-state index in [-0.39, 0.29) is 25.7 Å². The third-order valence-corrected chi connectivity index (χ3v) is 6.20. The maximum absolute atomic E-state index is 13.0. The number of halogens is 3. The van der Waals surface area contributed by atoms with Crippen LogP contribution in [0.2, 0.25) is 0 Å². The number of fused-ring (bicyclic) bond motifs is 1. The van der Waals surface area contributed by atoms with Gasteiger partial charge in [0.15, 0.2) is 5.60 Å². The van der Waals surface area contributed by atoms with Crippen molar-refractivity contribution in [2.24, 2.45) is 0 Å². The first kappa shape index (κ1) is 27.0. The lowest BCUT2D eigenvalue weighted by molar-refractivity contribution is -0.158. The normalized spacial score (nSPS) is 13.3. The predicted molar refractivity (Wildman–Crippen MR) is 135 cm³/mol. The lowest BCUT2D eigenvalue weighted by Crippen LogP contribution is -2.39. The average molecular weight is 528 g/mol. The molecule has 6 nitrogen and oxygen atoms in total. The number of benzene rings is 3. The summed E-state index contributed by atoms with van der Waals surface area (Å²) >= 11 is 0. The molecular formula is C29H28F3NO5. The Morgan fingerprint density at radius 2 is 1.71 bits per heavy atom. The molecule has 0 aromatic heterocycles. The van der Waals surface area contributed by atoms with Gasteiger partial charge in [0.2, 0.25) is 0 Å². The predicted octanol–water partition coefficient (Wildman–Crippen LogP) is 6.47. The first-order valence-corrected chi connectivity index (χ1v) is 12.1. The van der Waals surface area contributed by atoms with Crippen LogP contribution in [0, 0.1) is 6.92 Å². The molecule has 200 valence electrons. The fourth-order valence-electron chi connectivity index (χ4n) is 4.18. The molecule has 1 amide bonds. The second-order valence-corrected chi connectivity index (χ2v) is 9.44. The molecule has 0 N–H and O–H groups in total. The van der Waals surface area contributed by atoms with Gasteiger partial charge < -0.3 is 19.1 Å². The summed E-state index contributed by atoms with van der Waals surface area (Å²) in [6.45, 7) is 7.55. The Bertz CT molecular complexity index is 1350. The number of esters is 1. The number of hydrogen-bond donors (Lipinski definition) is 0. The molecule has 1 aliphatic rings. The zero-order valence-corrected chi connectivity index (χ0v) is 21.5. The van der Waals surface area contributed by atoms with Crippen molar-refractivity contribution in [3.05, 3.63) is 88.5 Å². The lowest BCUT2D eigenvalue weighted by Gasteiger charge is -2.25. The third kappa shape index (κ3) is 5.61.